The molecule has 0 unspecified atom stereocenters. The number of hydrogen-bond donors (Lipinski definition) is 0. The van der Waals surface area contributed by atoms with E-state index in [1.807, 2.05) is 0 Å². The van der Waals surface area contributed by atoms with Gasteiger partial charge in [0.1, 0.15) is 17.1 Å². The Balaban J connectivity index is 2.32. The maximum atomic E-state index is 14.1. The SMILES string of the molecule is CC(C)OC(=O)c1cc(Oc2ccc(OC(F)(F)F)cc2)c(F)cc1[N+](=O)[O-]. The van der Waals surface area contributed by atoms with E-state index in [4.69, 9.17) is 9.47 Å². The second kappa shape index (κ2) is 8.11. The number of rotatable bonds is 6. The van der Waals surface area contributed by atoms with Crippen LogP contribution in [0.3, 0.4) is 0 Å². The number of alkyl halides is 3. The average Bonchev–Trinajstić information content (AvgIpc) is 2.55. The maximum Gasteiger partial charge on any atom is 0.573 e. The van der Waals surface area contributed by atoms with E-state index >= 15 is 0 Å². The molecule has 2 aromatic rings. The van der Waals surface area contributed by atoms with Crippen molar-refractivity contribution in [1.82, 2.24) is 0 Å². The van der Waals surface area contributed by atoms with Gasteiger partial charge >= 0.3 is 12.3 Å². The summed E-state index contributed by atoms with van der Waals surface area (Å²) in [6, 6.07) is 5.27. The van der Waals surface area contributed by atoms with Gasteiger partial charge in [-0.3, -0.25) is 10.1 Å². The van der Waals surface area contributed by atoms with Crippen molar-refractivity contribution in [2.45, 2.75) is 26.3 Å². The van der Waals surface area contributed by atoms with Gasteiger partial charge < -0.3 is 14.2 Å². The molecule has 0 amide bonds. The molecule has 0 fully saturated rings. The molecule has 11 heteroatoms. The van der Waals surface area contributed by atoms with Gasteiger partial charge in [0.25, 0.3) is 5.69 Å². The van der Waals surface area contributed by atoms with Gasteiger partial charge in [-0.25, -0.2) is 9.18 Å². The maximum absolute atomic E-state index is 14.1. The van der Waals surface area contributed by atoms with E-state index < -0.39 is 51.9 Å². The Hall–Kier alpha value is -3.37. The Bertz CT molecular complexity index is 880. The first-order chi connectivity index (χ1) is 13.0. The fourth-order valence-electron chi connectivity index (χ4n) is 2.05. The van der Waals surface area contributed by atoms with Crippen LogP contribution in [0.15, 0.2) is 36.4 Å². The summed E-state index contributed by atoms with van der Waals surface area (Å²) in [6.45, 7) is 3.05. The van der Waals surface area contributed by atoms with Gasteiger partial charge in [0, 0.05) is 6.07 Å². The molecule has 0 radical (unpaired) electrons. The van der Waals surface area contributed by atoms with Crippen molar-refractivity contribution in [2.24, 2.45) is 0 Å². The van der Waals surface area contributed by atoms with Crippen LogP contribution in [0, 0.1) is 15.9 Å². The first-order valence-corrected chi connectivity index (χ1v) is 7.69. The highest BCUT2D eigenvalue weighted by Crippen LogP contribution is 2.33. The number of nitro benzene ring substituents is 1. The molecule has 0 spiro atoms. The van der Waals surface area contributed by atoms with E-state index in [9.17, 15) is 32.5 Å². The Kier molecular flexibility index (Phi) is 6.06. The summed E-state index contributed by atoms with van der Waals surface area (Å²) >= 11 is 0. The highest BCUT2D eigenvalue weighted by Gasteiger charge is 2.31. The summed E-state index contributed by atoms with van der Waals surface area (Å²) in [5, 5.41) is 11.1. The molecule has 0 aromatic heterocycles. The quantitative estimate of drug-likeness (QED) is 0.292. The van der Waals surface area contributed by atoms with E-state index in [1.165, 1.54) is 13.8 Å². The van der Waals surface area contributed by atoms with Gasteiger partial charge in [0.2, 0.25) is 0 Å². The number of halogens is 4. The van der Waals surface area contributed by atoms with Crippen LogP contribution in [0.25, 0.3) is 0 Å². The van der Waals surface area contributed by atoms with Crippen molar-refractivity contribution >= 4 is 11.7 Å². The smallest absolute Gasteiger partial charge is 0.459 e. The lowest BCUT2D eigenvalue weighted by Crippen LogP contribution is -2.16. The van der Waals surface area contributed by atoms with Gasteiger partial charge in [-0.1, -0.05) is 0 Å². The highest BCUT2D eigenvalue weighted by atomic mass is 19.4. The van der Waals surface area contributed by atoms with Crippen LogP contribution in [0.2, 0.25) is 0 Å². The van der Waals surface area contributed by atoms with Crippen LogP contribution in [0.4, 0.5) is 23.2 Å². The van der Waals surface area contributed by atoms with E-state index in [-0.39, 0.29) is 5.75 Å². The van der Waals surface area contributed by atoms with Crippen molar-refractivity contribution in [3.63, 3.8) is 0 Å². The summed E-state index contributed by atoms with van der Waals surface area (Å²) in [4.78, 5) is 22.2. The molecule has 0 saturated carbocycles. The molecule has 0 aliphatic carbocycles. The predicted octanol–water partition coefficient (Wildman–Crippen LogP) is 4.99. The molecule has 7 nitrogen and oxygen atoms in total. The van der Waals surface area contributed by atoms with Crippen molar-refractivity contribution < 1.29 is 41.5 Å². The first kappa shape index (κ1) is 20.9. The van der Waals surface area contributed by atoms with Crippen LogP contribution >= 0.6 is 0 Å². The Morgan fingerprint density at radius 2 is 1.68 bits per heavy atom. The Morgan fingerprint density at radius 3 is 2.18 bits per heavy atom. The Labute approximate surface area is 155 Å². The predicted molar refractivity (Wildman–Crippen MR) is 86.8 cm³/mol. The summed E-state index contributed by atoms with van der Waals surface area (Å²) in [7, 11) is 0. The molecule has 2 rings (SSSR count). The van der Waals surface area contributed by atoms with Gasteiger partial charge in [-0.05, 0) is 38.1 Å². The van der Waals surface area contributed by atoms with E-state index in [1.54, 1.807) is 0 Å². The monoisotopic (exact) mass is 403 g/mol. The van der Waals surface area contributed by atoms with Crippen LogP contribution in [-0.2, 0) is 4.74 Å². The topological polar surface area (TPSA) is 87.9 Å². The molecule has 0 heterocycles. The zero-order valence-corrected chi connectivity index (χ0v) is 14.5. The summed E-state index contributed by atoms with van der Waals surface area (Å²) in [5.41, 5.74) is -1.35. The summed E-state index contributed by atoms with van der Waals surface area (Å²) in [5.74, 6) is -3.37. The zero-order chi connectivity index (χ0) is 21.1. The molecule has 2 aromatic carbocycles. The van der Waals surface area contributed by atoms with Gasteiger partial charge in [0.15, 0.2) is 11.6 Å². The molecule has 0 aliphatic heterocycles. The third-order valence-electron chi connectivity index (χ3n) is 3.09. The van der Waals surface area contributed by atoms with Gasteiger partial charge in [0.05, 0.1) is 17.1 Å². The van der Waals surface area contributed by atoms with Crippen molar-refractivity contribution in [1.29, 1.82) is 0 Å². The normalized spacial score (nSPS) is 11.2. The van der Waals surface area contributed by atoms with Crippen molar-refractivity contribution in [3.8, 4) is 17.2 Å². The second-order valence-electron chi connectivity index (χ2n) is 5.63. The molecule has 0 bridgehead atoms. The molecule has 28 heavy (non-hydrogen) atoms. The van der Waals surface area contributed by atoms with E-state index in [0.29, 0.717) is 6.07 Å². The minimum atomic E-state index is -4.88. The van der Waals surface area contributed by atoms with Crippen LogP contribution in [0.1, 0.15) is 24.2 Å². The van der Waals surface area contributed by atoms with Crippen molar-refractivity contribution in [3.05, 3.63) is 57.9 Å². The molecular formula is C17H13F4NO6. The number of nitro groups is 1. The van der Waals surface area contributed by atoms with Crippen LogP contribution in [-0.4, -0.2) is 23.4 Å². The number of esters is 1. The number of carbonyl (C=O) groups excluding carboxylic acids is 1. The molecule has 150 valence electrons. The average molecular weight is 403 g/mol. The fraction of sp³-hybridized carbons (Fsp3) is 0.235. The largest absolute Gasteiger partial charge is 0.573 e. The van der Waals surface area contributed by atoms with Crippen molar-refractivity contribution in [2.75, 3.05) is 0 Å². The van der Waals surface area contributed by atoms with Gasteiger partial charge in [-0.15, -0.1) is 13.2 Å². The van der Waals surface area contributed by atoms with E-state index in [2.05, 4.69) is 4.74 Å². The molecule has 0 saturated heterocycles. The molecule has 0 atom stereocenters. The third kappa shape index (κ3) is 5.56. The summed E-state index contributed by atoms with van der Waals surface area (Å²) < 4.78 is 64.4. The van der Waals surface area contributed by atoms with Gasteiger partial charge in [-0.2, -0.15) is 0 Å². The van der Waals surface area contributed by atoms with Crippen LogP contribution < -0.4 is 9.47 Å². The van der Waals surface area contributed by atoms with Crippen LogP contribution in [0.5, 0.6) is 17.2 Å². The fourth-order valence-corrected chi connectivity index (χ4v) is 2.05. The number of carbonyl (C=O) groups is 1. The number of ether oxygens (including phenoxy) is 3. The third-order valence-corrected chi connectivity index (χ3v) is 3.09. The lowest BCUT2D eigenvalue weighted by Gasteiger charge is -2.12. The number of hydrogen-bond acceptors (Lipinski definition) is 6. The number of nitrogens with zero attached hydrogens (tertiary/aromatic N) is 1. The minimum absolute atomic E-state index is 0.0922. The molecule has 0 aliphatic rings. The molecule has 0 N–H and O–H groups in total. The zero-order valence-electron chi connectivity index (χ0n) is 14.5. The summed E-state index contributed by atoms with van der Waals surface area (Å²) in [6.07, 6.45) is -5.46. The first-order valence-electron chi connectivity index (χ1n) is 7.69. The minimum Gasteiger partial charge on any atom is -0.459 e. The lowest BCUT2D eigenvalue weighted by atomic mass is 10.1. The second-order valence-corrected chi connectivity index (χ2v) is 5.63. The lowest BCUT2D eigenvalue weighted by molar-refractivity contribution is -0.385. The standard InChI is InChI=1S/C17H13F4NO6/c1-9(2)26-16(23)12-7-15(13(18)8-14(12)22(24)25)27-10-3-5-11(6-4-10)28-17(19,20)21/h3-9H,1-2H3. The van der Waals surface area contributed by atoms with E-state index in [0.717, 1.165) is 30.3 Å². The highest BCUT2D eigenvalue weighted by molar-refractivity contribution is 5.94. The Morgan fingerprint density at radius 1 is 1.11 bits per heavy atom. The molecular weight excluding hydrogens is 390 g/mol. The number of benzene rings is 2.